The van der Waals surface area contributed by atoms with E-state index in [-0.39, 0.29) is 11.8 Å². The molecule has 82 valence electrons. The Morgan fingerprint density at radius 3 is 3.13 bits per heavy atom. The van der Waals surface area contributed by atoms with Crippen molar-refractivity contribution in [2.24, 2.45) is 10.9 Å². The molecular formula is C9H14N4O2. The van der Waals surface area contributed by atoms with Gasteiger partial charge in [-0.15, -0.1) is 0 Å². The first kappa shape index (κ1) is 11.2. The molecule has 0 aliphatic rings. The smallest absolute Gasteiger partial charge is 0.317 e. The van der Waals surface area contributed by atoms with Gasteiger partial charge in [0.1, 0.15) is 5.69 Å². The van der Waals surface area contributed by atoms with Gasteiger partial charge in [-0.1, -0.05) is 18.5 Å². The minimum atomic E-state index is -0.0576. The van der Waals surface area contributed by atoms with Crippen LogP contribution in [0.15, 0.2) is 17.4 Å². The zero-order valence-electron chi connectivity index (χ0n) is 8.55. The molecule has 0 atom stereocenters. The molecular weight excluding hydrogens is 196 g/mol. The minimum Gasteiger partial charge on any atom is -0.463 e. The van der Waals surface area contributed by atoms with Crippen LogP contribution in [0.3, 0.4) is 0 Å². The van der Waals surface area contributed by atoms with Gasteiger partial charge < -0.3 is 15.7 Å². The molecule has 0 saturated heterocycles. The molecule has 0 fully saturated rings. The topological polar surface area (TPSA) is 93.6 Å². The van der Waals surface area contributed by atoms with E-state index in [9.17, 15) is 0 Å². The van der Waals surface area contributed by atoms with Crippen LogP contribution >= 0.6 is 0 Å². The Morgan fingerprint density at radius 2 is 2.47 bits per heavy atom. The second-order valence-electron chi connectivity index (χ2n) is 2.91. The van der Waals surface area contributed by atoms with Crippen molar-refractivity contribution in [3.63, 3.8) is 0 Å². The van der Waals surface area contributed by atoms with Gasteiger partial charge in [0.2, 0.25) is 0 Å². The van der Waals surface area contributed by atoms with E-state index in [1.54, 1.807) is 6.07 Å². The van der Waals surface area contributed by atoms with E-state index >= 15 is 0 Å². The van der Waals surface area contributed by atoms with Gasteiger partial charge in [0.15, 0.2) is 5.84 Å². The van der Waals surface area contributed by atoms with Crippen LogP contribution in [0.1, 0.15) is 25.5 Å². The van der Waals surface area contributed by atoms with Crippen molar-refractivity contribution in [2.75, 3.05) is 6.61 Å². The summed E-state index contributed by atoms with van der Waals surface area (Å²) in [5.74, 6) is -0.0576. The lowest BCUT2D eigenvalue weighted by molar-refractivity contribution is 0.285. The lowest BCUT2D eigenvalue weighted by Gasteiger charge is -2.03. The van der Waals surface area contributed by atoms with Crippen LogP contribution in [0, 0.1) is 0 Å². The maximum atomic E-state index is 8.45. The van der Waals surface area contributed by atoms with E-state index < -0.39 is 0 Å². The lowest BCUT2D eigenvalue weighted by Crippen LogP contribution is -2.15. The summed E-state index contributed by atoms with van der Waals surface area (Å²) in [4.78, 5) is 7.87. The highest BCUT2D eigenvalue weighted by Crippen LogP contribution is 2.03. The second kappa shape index (κ2) is 5.79. The molecule has 1 aromatic rings. The number of hydrogen-bond acceptors (Lipinski definition) is 5. The summed E-state index contributed by atoms with van der Waals surface area (Å²) in [6, 6.07) is 1.79. The van der Waals surface area contributed by atoms with Crippen LogP contribution in [0.25, 0.3) is 0 Å². The molecule has 6 nitrogen and oxygen atoms in total. The van der Waals surface area contributed by atoms with E-state index in [1.165, 1.54) is 6.20 Å². The maximum Gasteiger partial charge on any atom is 0.317 e. The number of nitrogens with two attached hydrogens (primary N) is 1. The third kappa shape index (κ3) is 3.41. The fraction of sp³-hybridized carbons (Fsp3) is 0.444. The number of aromatic nitrogens is 2. The fourth-order valence-corrected chi connectivity index (χ4v) is 0.912. The number of amidine groups is 1. The first-order chi connectivity index (χ1) is 7.27. The monoisotopic (exact) mass is 210 g/mol. The van der Waals surface area contributed by atoms with Gasteiger partial charge in [-0.3, -0.25) is 0 Å². The normalized spacial score (nSPS) is 11.4. The van der Waals surface area contributed by atoms with Crippen LogP contribution in [0.2, 0.25) is 0 Å². The molecule has 0 radical (unpaired) electrons. The summed E-state index contributed by atoms with van der Waals surface area (Å²) < 4.78 is 5.27. The molecule has 0 spiro atoms. The Hall–Kier alpha value is -1.85. The summed E-state index contributed by atoms with van der Waals surface area (Å²) >= 11 is 0. The Kier molecular flexibility index (Phi) is 4.33. The number of ether oxygens (including phenoxy) is 1. The molecule has 1 rings (SSSR count). The zero-order chi connectivity index (χ0) is 11.1. The molecule has 6 heteroatoms. The minimum absolute atomic E-state index is 0.0576. The van der Waals surface area contributed by atoms with Gasteiger partial charge in [0, 0.05) is 6.20 Å². The largest absolute Gasteiger partial charge is 0.463 e. The molecule has 0 aliphatic heterocycles. The highest BCUT2D eigenvalue weighted by molar-refractivity contribution is 5.95. The predicted octanol–water partition coefficient (Wildman–Crippen LogP) is 0.750. The fourth-order valence-electron chi connectivity index (χ4n) is 0.912. The van der Waals surface area contributed by atoms with Gasteiger partial charge in [-0.2, -0.15) is 4.98 Å². The molecule has 0 aromatic carbocycles. The number of oxime groups is 1. The summed E-state index contributed by atoms with van der Waals surface area (Å²) in [6.07, 6.45) is 3.48. The summed E-state index contributed by atoms with van der Waals surface area (Å²) in [6.45, 7) is 2.63. The van der Waals surface area contributed by atoms with Crippen LogP contribution in [-0.4, -0.2) is 27.6 Å². The number of unbranched alkanes of at least 4 members (excludes halogenated alkanes) is 1. The quantitative estimate of drug-likeness (QED) is 0.246. The zero-order valence-corrected chi connectivity index (χ0v) is 8.55. The van der Waals surface area contributed by atoms with Crippen LogP contribution in [0.5, 0.6) is 6.01 Å². The second-order valence-corrected chi connectivity index (χ2v) is 2.91. The van der Waals surface area contributed by atoms with Gasteiger partial charge in [-0.25, -0.2) is 4.98 Å². The number of hydrogen-bond donors (Lipinski definition) is 2. The molecule has 15 heavy (non-hydrogen) atoms. The van der Waals surface area contributed by atoms with Crippen molar-refractivity contribution in [1.29, 1.82) is 0 Å². The summed E-state index contributed by atoms with van der Waals surface area (Å²) in [7, 11) is 0. The average molecular weight is 210 g/mol. The third-order valence-electron chi connectivity index (χ3n) is 1.73. The first-order valence-electron chi connectivity index (χ1n) is 4.71. The van der Waals surface area contributed by atoms with Crippen molar-refractivity contribution in [3.05, 3.63) is 18.0 Å². The van der Waals surface area contributed by atoms with E-state index in [1.807, 2.05) is 0 Å². The van der Waals surface area contributed by atoms with Gasteiger partial charge in [-0.05, 0) is 12.5 Å². The van der Waals surface area contributed by atoms with E-state index in [4.69, 9.17) is 15.7 Å². The van der Waals surface area contributed by atoms with Crippen LogP contribution < -0.4 is 10.5 Å². The molecule has 0 bridgehead atoms. The maximum absolute atomic E-state index is 8.45. The Bertz CT molecular complexity index is 341. The summed E-state index contributed by atoms with van der Waals surface area (Å²) in [5.41, 5.74) is 5.72. The van der Waals surface area contributed by atoms with Gasteiger partial charge in [0.25, 0.3) is 0 Å². The van der Waals surface area contributed by atoms with Gasteiger partial charge >= 0.3 is 6.01 Å². The molecule has 0 aliphatic carbocycles. The third-order valence-corrected chi connectivity index (χ3v) is 1.73. The SMILES string of the molecule is CCCCOc1nccc(/C(N)=N/O)n1. The van der Waals surface area contributed by atoms with Crippen LogP contribution in [-0.2, 0) is 0 Å². The first-order valence-corrected chi connectivity index (χ1v) is 4.71. The molecule has 0 amide bonds. The Balaban J connectivity index is 2.66. The highest BCUT2D eigenvalue weighted by atomic mass is 16.5. The average Bonchev–Trinajstić information content (AvgIpc) is 2.29. The van der Waals surface area contributed by atoms with Crippen LogP contribution in [0.4, 0.5) is 0 Å². The van der Waals surface area contributed by atoms with E-state index in [0.29, 0.717) is 12.3 Å². The van der Waals surface area contributed by atoms with Crippen molar-refractivity contribution in [2.45, 2.75) is 19.8 Å². The molecule has 0 saturated carbocycles. The number of rotatable bonds is 5. The number of nitrogens with zero attached hydrogens (tertiary/aromatic N) is 3. The molecule has 0 unspecified atom stereocenters. The summed E-state index contributed by atoms with van der Waals surface area (Å²) in [5, 5.41) is 11.3. The van der Waals surface area contributed by atoms with Crippen molar-refractivity contribution in [3.8, 4) is 6.01 Å². The van der Waals surface area contributed by atoms with Crippen molar-refractivity contribution in [1.82, 2.24) is 9.97 Å². The van der Waals surface area contributed by atoms with Crippen molar-refractivity contribution >= 4 is 5.84 Å². The Morgan fingerprint density at radius 1 is 1.67 bits per heavy atom. The van der Waals surface area contributed by atoms with E-state index in [2.05, 4.69) is 22.0 Å². The lowest BCUT2D eigenvalue weighted by atomic mass is 10.4. The molecule has 1 aromatic heterocycles. The standard InChI is InChI=1S/C9H14N4O2/c1-2-3-6-15-9-11-5-4-7(12-9)8(10)13-14/h4-5,14H,2-3,6H2,1H3,(H2,10,13). The molecule has 1 heterocycles. The highest BCUT2D eigenvalue weighted by Gasteiger charge is 2.03. The van der Waals surface area contributed by atoms with Crippen molar-refractivity contribution < 1.29 is 9.94 Å². The molecule has 3 N–H and O–H groups in total. The van der Waals surface area contributed by atoms with E-state index in [0.717, 1.165) is 12.8 Å². The Labute approximate surface area is 87.8 Å². The van der Waals surface area contributed by atoms with Gasteiger partial charge in [0.05, 0.1) is 6.61 Å². The predicted molar refractivity (Wildman–Crippen MR) is 54.9 cm³/mol.